The van der Waals surface area contributed by atoms with Crippen molar-refractivity contribution < 1.29 is 19.3 Å². The lowest BCUT2D eigenvalue weighted by Crippen LogP contribution is -3.09. The van der Waals surface area contributed by atoms with Crippen LogP contribution in [0.15, 0.2) is 47.2 Å². The maximum atomic E-state index is 12.7. The standard InChI is InChI=1S/C18H20N4O3S/c1-18(14-6-4-3-5-7-14)16(24)22(17(25)19-18)20-15(23)11-21(2)10-13-8-9-26-12-13/h3-9,12H,10-11H2,1-2H3,(H,19,25)(H,20,23)/p+1/t18-/m0/s1. The number of nitrogens with zero attached hydrogens (tertiary/aromatic N) is 1. The molecule has 1 aliphatic heterocycles. The second-order valence-electron chi connectivity index (χ2n) is 6.54. The van der Waals surface area contributed by atoms with Crippen LogP contribution in [0, 0.1) is 0 Å². The van der Waals surface area contributed by atoms with E-state index in [0.29, 0.717) is 12.1 Å². The molecule has 1 aromatic heterocycles. The predicted molar refractivity (Wildman–Crippen MR) is 97.1 cm³/mol. The number of rotatable bonds is 6. The van der Waals surface area contributed by atoms with Crippen LogP contribution in [0.4, 0.5) is 4.79 Å². The Balaban J connectivity index is 1.63. The third-order valence-electron chi connectivity index (χ3n) is 4.33. The molecule has 0 spiro atoms. The topological polar surface area (TPSA) is 82.9 Å². The molecule has 1 aromatic carbocycles. The zero-order chi connectivity index (χ0) is 18.7. The summed E-state index contributed by atoms with van der Waals surface area (Å²) in [5.41, 5.74) is 3.04. The van der Waals surface area contributed by atoms with Crippen molar-refractivity contribution in [2.24, 2.45) is 0 Å². The minimum absolute atomic E-state index is 0.148. The number of hydrazine groups is 1. The molecule has 3 rings (SSSR count). The van der Waals surface area contributed by atoms with Crippen LogP contribution < -0.4 is 15.6 Å². The molecule has 3 N–H and O–H groups in total. The zero-order valence-electron chi connectivity index (χ0n) is 14.6. The molecule has 26 heavy (non-hydrogen) atoms. The number of carbonyl (C=O) groups is 3. The van der Waals surface area contributed by atoms with Gasteiger partial charge in [0, 0.05) is 5.56 Å². The Morgan fingerprint density at radius 1 is 1.27 bits per heavy atom. The summed E-state index contributed by atoms with van der Waals surface area (Å²) in [5, 5.41) is 7.45. The van der Waals surface area contributed by atoms with Crippen LogP contribution in [0.5, 0.6) is 0 Å². The van der Waals surface area contributed by atoms with Gasteiger partial charge in [0.05, 0.1) is 7.05 Å². The average Bonchev–Trinajstić information content (AvgIpc) is 3.18. The maximum absolute atomic E-state index is 12.7. The lowest BCUT2D eigenvalue weighted by Gasteiger charge is -2.22. The zero-order valence-corrected chi connectivity index (χ0v) is 15.4. The average molecular weight is 373 g/mol. The molecular formula is C18H21N4O3S+. The summed E-state index contributed by atoms with van der Waals surface area (Å²) in [6.07, 6.45) is 0. The predicted octanol–water partition coefficient (Wildman–Crippen LogP) is 0.261. The van der Waals surface area contributed by atoms with Crippen molar-refractivity contribution in [2.75, 3.05) is 13.6 Å². The quantitative estimate of drug-likeness (QED) is 0.636. The van der Waals surface area contributed by atoms with E-state index in [2.05, 4.69) is 10.7 Å². The van der Waals surface area contributed by atoms with Gasteiger partial charge in [-0.15, -0.1) is 0 Å². The normalized spacial score (nSPS) is 20.8. The summed E-state index contributed by atoms with van der Waals surface area (Å²) in [6, 6.07) is 10.3. The molecule has 0 bridgehead atoms. The number of likely N-dealkylation sites (N-methyl/N-ethyl adjacent to an activating group) is 1. The number of imide groups is 1. The summed E-state index contributed by atoms with van der Waals surface area (Å²) in [7, 11) is 1.89. The van der Waals surface area contributed by atoms with Gasteiger partial charge in [0.2, 0.25) is 0 Å². The first-order valence-corrected chi connectivity index (χ1v) is 9.18. The summed E-state index contributed by atoms with van der Waals surface area (Å²) < 4.78 is 0. The van der Waals surface area contributed by atoms with Crippen LogP contribution in [0.2, 0.25) is 0 Å². The number of amides is 4. The van der Waals surface area contributed by atoms with E-state index in [0.717, 1.165) is 15.5 Å². The van der Waals surface area contributed by atoms with E-state index < -0.39 is 23.4 Å². The van der Waals surface area contributed by atoms with Crippen LogP contribution in [0.3, 0.4) is 0 Å². The molecule has 0 radical (unpaired) electrons. The number of hydrogen-bond acceptors (Lipinski definition) is 4. The molecule has 1 aliphatic rings. The molecule has 0 saturated carbocycles. The molecule has 2 heterocycles. The Morgan fingerprint density at radius 2 is 2.00 bits per heavy atom. The van der Waals surface area contributed by atoms with E-state index in [4.69, 9.17) is 0 Å². The summed E-state index contributed by atoms with van der Waals surface area (Å²) >= 11 is 1.61. The molecule has 136 valence electrons. The van der Waals surface area contributed by atoms with Crippen LogP contribution in [-0.2, 0) is 21.7 Å². The van der Waals surface area contributed by atoms with Crippen LogP contribution >= 0.6 is 11.3 Å². The Hall–Kier alpha value is -2.71. The van der Waals surface area contributed by atoms with Crippen molar-refractivity contribution in [2.45, 2.75) is 19.0 Å². The summed E-state index contributed by atoms with van der Waals surface area (Å²) in [5.74, 6) is -0.893. The summed E-state index contributed by atoms with van der Waals surface area (Å²) in [6.45, 7) is 2.47. The highest BCUT2D eigenvalue weighted by atomic mass is 32.1. The number of quaternary nitrogens is 1. The first-order chi connectivity index (χ1) is 12.4. The summed E-state index contributed by atoms with van der Waals surface area (Å²) in [4.78, 5) is 38.2. The molecular weight excluding hydrogens is 352 g/mol. The van der Waals surface area contributed by atoms with Crippen LogP contribution in [0.1, 0.15) is 18.1 Å². The van der Waals surface area contributed by atoms with Gasteiger partial charge >= 0.3 is 6.03 Å². The Bertz CT molecular complexity index is 809. The number of benzene rings is 1. The molecule has 1 unspecified atom stereocenters. The van der Waals surface area contributed by atoms with Crippen LogP contribution in [0.25, 0.3) is 0 Å². The van der Waals surface area contributed by atoms with Crippen molar-refractivity contribution in [3.05, 3.63) is 58.3 Å². The van der Waals surface area contributed by atoms with Crippen molar-refractivity contribution in [3.8, 4) is 0 Å². The SMILES string of the molecule is C[NH+](CC(=O)NN1C(=O)N[C@@](C)(c2ccccc2)C1=O)Cc1ccsc1. The first kappa shape index (κ1) is 18.1. The lowest BCUT2D eigenvalue weighted by molar-refractivity contribution is -0.885. The van der Waals surface area contributed by atoms with Gasteiger partial charge in [-0.25, -0.2) is 4.79 Å². The smallest absolute Gasteiger partial charge is 0.326 e. The van der Waals surface area contributed by atoms with E-state index in [1.54, 1.807) is 42.5 Å². The molecule has 1 saturated heterocycles. The van der Waals surface area contributed by atoms with Gasteiger partial charge in [0.15, 0.2) is 6.54 Å². The second-order valence-corrected chi connectivity index (χ2v) is 7.32. The number of thiophene rings is 1. The molecule has 8 heteroatoms. The second kappa shape index (κ2) is 7.27. The molecule has 1 fully saturated rings. The van der Waals surface area contributed by atoms with Gasteiger partial charge in [0.25, 0.3) is 11.8 Å². The number of carbonyl (C=O) groups excluding carboxylic acids is 3. The van der Waals surface area contributed by atoms with Crippen molar-refractivity contribution in [3.63, 3.8) is 0 Å². The van der Waals surface area contributed by atoms with Crippen molar-refractivity contribution >= 4 is 29.2 Å². The fourth-order valence-electron chi connectivity index (χ4n) is 2.95. The fraction of sp³-hybridized carbons (Fsp3) is 0.278. The third kappa shape index (κ3) is 3.61. The van der Waals surface area contributed by atoms with Gasteiger partial charge in [0.1, 0.15) is 12.1 Å². The van der Waals surface area contributed by atoms with Gasteiger partial charge < -0.3 is 10.2 Å². The number of urea groups is 1. The first-order valence-electron chi connectivity index (χ1n) is 8.24. The third-order valence-corrected chi connectivity index (χ3v) is 5.06. The highest BCUT2D eigenvalue weighted by Gasteiger charge is 2.50. The minimum atomic E-state index is -1.19. The van der Waals surface area contributed by atoms with Gasteiger partial charge in [-0.1, -0.05) is 30.3 Å². The Morgan fingerprint density at radius 3 is 2.65 bits per heavy atom. The largest absolute Gasteiger partial charge is 0.344 e. The maximum Gasteiger partial charge on any atom is 0.344 e. The van der Waals surface area contributed by atoms with Gasteiger partial charge in [-0.3, -0.25) is 15.0 Å². The highest BCUT2D eigenvalue weighted by Crippen LogP contribution is 2.27. The molecule has 2 atom stereocenters. The minimum Gasteiger partial charge on any atom is -0.326 e. The van der Waals surface area contributed by atoms with E-state index >= 15 is 0 Å². The van der Waals surface area contributed by atoms with Crippen molar-refractivity contribution in [1.29, 1.82) is 0 Å². The molecule has 0 aliphatic carbocycles. The number of nitrogens with one attached hydrogen (secondary N) is 3. The Kier molecular flexibility index (Phi) is 5.06. The van der Waals surface area contributed by atoms with Gasteiger partial charge in [-0.05, 0) is 29.3 Å². The van der Waals surface area contributed by atoms with E-state index in [-0.39, 0.29) is 6.54 Å². The van der Waals surface area contributed by atoms with Crippen molar-refractivity contribution in [1.82, 2.24) is 15.8 Å². The lowest BCUT2D eigenvalue weighted by atomic mass is 9.92. The Labute approximate surface area is 155 Å². The van der Waals surface area contributed by atoms with E-state index in [1.807, 2.05) is 29.9 Å². The fourth-order valence-corrected chi connectivity index (χ4v) is 3.62. The van der Waals surface area contributed by atoms with Crippen LogP contribution in [-0.4, -0.2) is 36.4 Å². The van der Waals surface area contributed by atoms with E-state index in [9.17, 15) is 14.4 Å². The highest BCUT2D eigenvalue weighted by molar-refractivity contribution is 7.07. The molecule has 7 nitrogen and oxygen atoms in total. The molecule has 2 aromatic rings. The molecule has 4 amide bonds. The van der Waals surface area contributed by atoms with Gasteiger partial charge in [-0.2, -0.15) is 16.3 Å². The monoisotopic (exact) mass is 373 g/mol. The van der Waals surface area contributed by atoms with E-state index in [1.165, 1.54) is 0 Å². The number of hydrogen-bond donors (Lipinski definition) is 3.